The van der Waals surface area contributed by atoms with Crippen LogP contribution in [0.2, 0.25) is 0 Å². The molecule has 1 aromatic heterocycles. The predicted molar refractivity (Wildman–Crippen MR) is 66.3 cm³/mol. The smallest absolute Gasteiger partial charge is 0.305 e. The standard InChI is InChI=1S/C11H16F2N4O2/c1-2-19-9(18)4-3-5-15-10-7(12)6-8(13)11(16-10)17-14/h6H,2-5,14H2,1H3,(H2,15,16,17). The molecule has 0 aromatic carbocycles. The van der Waals surface area contributed by atoms with E-state index in [1.165, 1.54) is 0 Å². The van der Waals surface area contributed by atoms with Gasteiger partial charge in [-0.3, -0.25) is 4.79 Å². The Morgan fingerprint density at radius 1 is 1.42 bits per heavy atom. The van der Waals surface area contributed by atoms with E-state index in [-0.39, 0.29) is 24.0 Å². The van der Waals surface area contributed by atoms with Gasteiger partial charge in [-0.25, -0.2) is 19.6 Å². The van der Waals surface area contributed by atoms with Crippen molar-refractivity contribution in [3.05, 3.63) is 17.7 Å². The number of hydrogen-bond acceptors (Lipinski definition) is 6. The number of nitrogens with two attached hydrogens (primary N) is 1. The molecule has 1 heterocycles. The Morgan fingerprint density at radius 3 is 2.74 bits per heavy atom. The van der Waals surface area contributed by atoms with Crippen molar-refractivity contribution in [3.8, 4) is 0 Å². The van der Waals surface area contributed by atoms with Crippen molar-refractivity contribution < 1.29 is 18.3 Å². The maximum atomic E-state index is 13.3. The van der Waals surface area contributed by atoms with Crippen molar-refractivity contribution >= 4 is 17.6 Å². The second-order valence-corrected chi connectivity index (χ2v) is 3.63. The number of halogens is 2. The Kier molecular flexibility index (Phi) is 5.94. The van der Waals surface area contributed by atoms with Gasteiger partial charge in [-0.05, 0) is 13.3 Å². The number of hydrazine groups is 1. The number of hydrogen-bond donors (Lipinski definition) is 3. The largest absolute Gasteiger partial charge is 0.466 e. The first-order chi connectivity index (χ1) is 9.08. The predicted octanol–water partition coefficient (Wildman–Crippen LogP) is 1.40. The highest BCUT2D eigenvalue weighted by Gasteiger charge is 2.10. The molecular formula is C11H16F2N4O2. The zero-order valence-electron chi connectivity index (χ0n) is 10.5. The topological polar surface area (TPSA) is 89.3 Å². The number of nitrogens with one attached hydrogen (secondary N) is 2. The van der Waals surface area contributed by atoms with Crippen LogP contribution in [0.4, 0.5) is 20.4 Å². The van der Waals surface area contributed by atoms with Crippen LogP contribution < -0.4 is 16.6 Å². The van der Waals surface area contributed by atoms with Gasteiger partial charge in [0.1, 0.15) is 0 Å². The Balaban J connectivity index is 2.47. The number of nitrogens with zero attached hydrogens (tertiary/aromatic N) is 1. The number of rotatable bonds is 7. The van der Waals surface area contributed by atoms with Crippen LogP contribution in [-0.2, 0) is 9.53 Å². The van der Waals surface area contributed by atoms with E-state index in [2.05, 4.69) is 10.3 Å². The van der Waals surface area contributed by atoms with E-state index in [9.17, 15) is 13.6 Å². The lowest BCUT2D eigenvalue weighted by Crippen LogP contribution is -2.14. The summed E-state index contributed by atoms with van der Waals surface area (Å²) in [7, 11) is 0. The molecule has 1 aromatic rings. The number of esters is 1. The van der Waals surface area contributed by atoms with E-state index in [1.807, 2.05) is 5.43 Å². The molecule has 0 saturated carbocycles. The summed E-state index contributed by atoms with van der Waals surface area (Å²) in [5.41, 5.74) is 2.02. The zero-order valence-corrected chi connectivity index (χ0v) is 10.5. The van der Waals surface area contributed by atoms with Gasteiger partial charge in [-0.1, -0.05) is 0 Å². The lowest BCUT2D eigenvalue weighted by molar-refractivity contribution is -0.143. The number of pyridine rings is 1. The van der Waals surface area contributed by atoms with E-state index >= 15 is 0 Å². The number of carbonyl (C=O) groups excluding carboxylic acids is 1. The molecule has 0 spiro atoms. The highest BCUT2D eigenvalue weighted by molar-refractivity contribution is 5.69. The third-order valence-corrected chi connectivity index (χ3v) is 2.22. The van der Waals surface area contributed by atoms with E-state index in [0.29, 0.717) is 25.6 Å². The van der Waals surface area contributed by atoms with Crippen LogP contribution in [0.25, 0.3) is 0 Å². The third kappa shape index (κ3) is 4.66. The quantitative estimate of drug-likeness (QED) is 0.301. The SMILES string of the molecule is CCOC(=O)CCCNc1nc(NN)c(F)cc1F. The minimum atomic E-state index is -0.878. The first kappa shape index (κ1) is 15.1. The van der Waals surface area contributed by atoms with Gasteiger partial charge in [0.25, 0.3) is 0 Å². The van der Waals surface area contributed by atoms with Gasteiger partial charge in [-0.2, -0.15) is 0 Å². The molecule has 0 amide bonds. The van der Waals surface area contributed by atoms with Gasteiger partial charge in [0, 0.05) is 19.0 Å². The number of ether oxygens (including phenoxy) is 1. The Labute approximate surface area is 109 Å². The van der Waals surface area contributed by atoms with Crippen molar-refractivity contribution in [2.45, 2.75) is 19.8 Å². The van der Waals surface area contributed by atoms with E-state index < -0.39 is 11.6 Å². The van der Waals surface area contributed by atoms with E-state index in [0.717, 1.165) is 0 Å². The summed E-state index contributed by atoms with van der Waals surface area (Å²) in [5, 5.41) is 2.66. The van der Waals surface area contributed by atoms with Gasteiger partial charge in [0.05, 0.1) is 6.61 Å². The molecule has 0 radical (unpaired) electrons. The molecule has 106 valence electrons. The molecule has 19 heavy (non-hydrogen) atoms. The van der Waals surface area contributed by atoms with Crippen molar-refractivity contribution in [2.75, 3.05) is 23.9 Å². The van der Waals surface area contributed by atoms with Crippen molar-refractivity contribution in [1.29, 1.82) is 0 Å². The number of aromatic nitrogens is 1. The Morgan fingerprint density at radius 2 is 2.11 bits per heavy atom. The molecule has 0 saturated heterocycles. The van der Waals surface area contributed by atoms with Crippen molar-refractivity contribution in [1.82, 2.24) is 4.98 Å². The fourth-order valence-electron chi connectivity index (χ4n) is 1.36. The first-order valence-corrected chi connectivity index (χ1v) is 5.80. The monoisotopic (exact) mass is 274 g/mol. The van der Waals surface area contributed by atoms with Crippen LogP contribution in [0.15, 0.2) is 6.07 Å². The molecule has 1 rings (SSSR count). The van der Waals surface area contributed by atoms with Crippen LogP contribution in [0, 0.1) is 11.6 Å². The summed E-state index contributed by atoms with van der Waals surface area (Å²) in [6, 6.07) is 0.676. The third-order valence-electron chi connectivity index (χ3n) is 2.22. The second-order valence-electron chi connectivity index (χ2n) is 3.63. The first-order valence-electron chi connectivity index (χ1n) is 5.80. The highest BCUT2D eigenvalue weighted by atomic mass is 19.1. The number of carbonyl (C=O) groups is 1. The molecule has 8 heteroatoms. The molecule has 0 unspecified atom stereocenters. The van der Waals surface area contributed by atoms with Crippen molar-refractivity contribution in [3.63, 3.8) is 0 Å². The van der Waals surface area contributed by atoms with Gasteiger partial charge >= 0.3 is 5.97 Å². The molecule has 0 atom stereocenters. The molecule has 0 aliphatic carbocycles. The number of nitrogen functional groups attached to an aromatic ring is 1. The molecule has 0 aliphatic heterocycles. The highest BCUT2D eigenvalue weighted by Crippen LogP contribution is 2.18. The van der Waals surface area contributed by atoms with Gasteiger partial charge in [0.15, 0.2) is 23.3 Å². The maximum absolute atomic E-state index is 13.3. The number of anilines is 2. The normalized spacial score (nSPS) is 10.1. The second kappa shape index (κ2) is 7.47. The van der Waals surface area contributed by atoms with Crippen LogP contribution in [0.5, 0.6) is 0 Å². The minimum absolute atomic E-state index is 0.127. The van der Waals surface area contributed by atoms with Crippen molar-refractivity contribution in [2.24, 2.45) is 5.84 Å². The lowest BCUT2D eigenvalue weighted by atomic mass is 10.3. The summed E-state index contributed by atoms with van der Waals surface area (Å²) in [6.45, 7) is 2.35. The molecular weight excluding hydrogens is 258 g/mol. The minimum Gasteiger partial charge on any atom is -0.466 e. The molecule has 0 bridgehead atoms. The van der Waals surface area contributed by atoms with Crippen LogP contribution in [-0.4, -0.2) is 24.1 Å². The summed E-state index contributed by atoms with van der Waals surface area (Å²) in [4.78, 5) is 14.7. The van der Waals surface area contributed by atoms with Crippen LogP contribution in [0.3, 0.4) is 0 Å². The fraction of sp³-hybridized carbons (Fsp3) is 0.455. The van der Waals surface area contributed by atoms with E-state index in [1.54, 1.807) is 6.92 Å². The zero-order chi connectivity index (χ0) is 14.3. The molecule has 6 nitrogen and oxygen atoms in total. The molecule has 0 fully saturated rings. The Bertz CT molecular complexity index is 443. The van der Waals surface area contributed by atoms with Gasteiger partial charge < -0.3 is 15.5 Å². The summed E-state index contributed by atoms with van der Waals surface area (Å²) < 4.78 is 31.2. The Hall–Kier alpha value is -1.96. The molecule has 4 N–H and O–H groups in total. The fourth-order valence-corrected chi connectivity index (χ4v) is 1.36. The lowest BCUT2D eigenvalue weighted by Gasteiger charge is -2.09. The average molecular weight is 274 g/mol. The maximum Gasteiger partial charge on any atom is 0.305 e. The summed E-state index contributed by atoms with van der Waals surface area (Å²) in [5.74, 6) is 2.63. The summed E-state index contributed by atoms with van der Waals surface area (Å²) >= 11 is 0. The van der Waals surface area contributed by atoms with E-state index in [4.69, 9.17) is 10.6 Å². The van der Waals surface area contributed by atoms with Crippen LogP contribution >= 0.6 is 0 Å². The van der Waals surface area contributed by atoms with Crippen LogP contribution in [0.1, 0.15) is 19.8 Å². The average Bonchev–Trinajstić information content (AvgIpc) is 2.37. The summed E-state index contributed by atoms with van der Waals surface area (Å²) in [6.07, 6.45) is 0.661. The van der Waals surface area contributed by atoms with Gasteiger partial charge in [-0.15, -0.1) is 0 Å². The van der Waals surface area contributed by atoms with Gasteiger partial charge in [0.2, 0.25) is 0 Å². The molecule has 0 aliphatic rings.